The Morgan fingerprint density at radius 1 is 0.974 bits per heavy atom. The molecule has 10 heteroatoms. The average Bonchev–Trinajstić information content (AvgIpc) is 3.43. The molecule has 2 aliphatic rings. The van der Waals surface area contributed by atoms with Gasteiger partial charge in [0.15, 0.2) is 0 Å². The summed E-state index contributed by atoms with van der Waals surface area (Å²) in [6.45, 7) is 1.23. The number of halogens is 1. The van der Waals surface area contributed by atoms with Gasteiger partial charge in [0.25, 0.3) is 0 Å². The molecule has 2 fully saturated rings. The molecule has 0 spiro atoms. The Hall–Kier alpha value is -3.11. The number of ether oxygens (including phenoxy) is 3. The summed E-state index contributed by atoms with van der Waals surface area (Å²) in [7, 11) is 2.97. The number of benzene rings is 2. The van der Waals surface area contributed by atoms with Gasteiger partial charge < -0.3 is 29.7 Å². The Bertz CT molecular complexity index is 1170. The van der Waals surface area contributed by atoms with Crippen molar-refractivity contribution in [1.82, 2.24) is 4.90 Å². The number of esters is 1. The highest BCUT2D eigenvalue weighted by atomic mass is 79.9. The summed E-state index contributed by atoms with van der Waals surface area (Å²) in [4.78, 5) is 39.4. The van der Waals surface area contributed by atoms with Crippen LogP contribution in [0.5, 0.6) is 5.75 Å². The van der Waals surface area contributed by atoms with Crippen LogP contribution in [0.25, 0.3) is 0 Å². The van der Waals surface area contributed by atoms with E-state index in [9.17, 15) is 14.4 Å². The zero-order valence-corrected chi connectivity index (χ0v) is 24.0. The highest BCUT2D eigenvalue weighted by molar-refractivity contribution is 9.10. The molecule has 9 nitrogen and oxygen atoms in total. The second-order valence-corrected chi connectivity index (χ2v) is 10.8. The lowest BCUT2D eigenvalue weighted by Gasteiger charge is -2.30. The fraction of sp³-hybridized carbons (Fsp3) is 0.483. The summed E-state index contributed by atoms with van der Waals surface area (Å²) in [5.41, 5.74) is 1.96. The number of hydrogen-bond donors (Lipinski definition) is 2. The van der Waals surface area contributed by atoms with Gasteiger partial charge in [-0.3, -0.25) is 9.59 Å². The quantitative estimate of drug-likeness (QED) is 0.374. The lowest BCUT2D eigenvalue weighted by atomic mass is 9.87. The van der Waals surface area contributed by atoms with E-state index in [2.05, 4.69) is 26.6 Å². The number of nitrogens with one attached hydrogen (secondary N) is 2. The third-order valence-electron chi connectivity index (χ3n) is 7.42. The van der Waals surface area contributed by atoms with Crippen molar-refractivity contribution in [2.24, 2.45) is 5.92 Å². The fourth-order valence-electron chi connectivity index (χ4n) is 5.28. The molecule has 1 saturated carbocycles. The molecule has 2 aromatic rings. The average molecular weight is 603 g/mol. The molecule has 210 valence electrons. The first-order chi connectivity index (χ1) is 18.9. The highest BCUT2D eigenvalue weighted by Crippen LogP contribution is 2.30. The highest BCUT2D eigenvalue weighted by Gasteiger charge is 2.32. The molecule has 0 radical (unpaired) electrons. The van der Waals surface area contributed by atoms with Crippen LogP contribution in [-0.4, -0.2) is 62.3 Å². The van der Waals surface area contributed by atoms with E-state index in [0.29, 0.717) is 30.3 Å². The molecule has 1 saturated heterocycles. The summed E-state index contributed by atoms with van der Waals surface area (Å²) in [5, 5.41) is 5.60. The van der Waals surface area contributed by atoms with Crippen LogP contribution in [0.4, 0.5) is 16.2 Å². The van der Waals surface area contributed by atoms with Crippen molar-refractivity contribution in [2.75, 3.05) is 38.0 Å². The van der Waals surface area contributed by atoms with Crippen molar-refractivity contribution in [2.45, 2.75) is 57.1 Å². The first-order valence-corrected chi connectivity index (χ1v) is 14.2. The van der Waals surface area contributed by atoms with Crippen molar-refractivity contribution in [3.8, 4) is 5.75 Å². The number of rotatable bonds is 9. The minimum absolute atomic E-state index is 0.0293. The van der Waals surface area contributed by atoms with Gasteiger partial charge in [0.2, 0.25) is 5.91 Å². The van der Waals surface area contributed by atoms with Crippen molar-refractivity contribution in [3.63, 3.8) is 0 Å². The first-order valence-electron chi connectivity index (χ1n) is 13.4. The maximum absolute atomic E-state index is 13.2. The van der Waals surface area contributed by atoms with Gasteiger partial charge in [0, 0.05) is 11.0 Å². The summed E-state index contributed by atoms with van der Waals surface area (Å²) >= 11 is 3.42. The Labute approximate surface area is 237 Å². The molecule has 0 bridgehead atoms. The molecule has 0 unspecified atom stereocenters. The fourth-order valence-corrected chi connectivity index (χ4v) is 5.66. The molecule has 2 aromatic carbocycles. The van der Waals surface area contributed by atoms with Gasteiger partial charge in [-0.2, -0.15) is 0 Å². The number of hydrogen-bond acceptors (Lipinski definition) is 6. The number of urea groups is 1. The summed E-state index contributed by atoms with van der Waals surface area (Å²) in [6, 6.07) is 12.4. The Balaban J connectivity index is 1.29. The van der Waals surface area contributed by atoms with Crippen LogP contribution >= 0.6 is 15.9 Å². The number of nitrogens with zero attached hydrogens (tertiary/aromatic N) is 1. The maximum atomic E-state index is 13.2. The molecule has 3 amide bonds. The molecule has 0 aromatic heterocycles. The van der Waals surface area contributed by atoms with Gasteiger partial charge >= 0.3 is 12.0 Å². The molecule has 1 aliphatic carbocycles. The predicted octanol–water partition coefficient (Wildman–Crippen LogP) is 5.38. The lowest BCUT2D eigenvalue weighted by molar-refractivity contribution is -0.148. The van der Waals surface area contributed by atoms with Crippen LogP contribution in [0.15, 0.2) is 46.9 Å². The Morgan fingerprint density at radius 2 is 1.72 bits per heavy atom. The van der Waals surface area contributed by atoms with Crippen LogP contribution < -0.4 is 15.4 Å². The number of carbonyl (C=O) groups excluding carboxylic acids is 3. The topological polar surface area (TPSA) is 106 Å². The van der Waals surface area contributed by atoms with E-state index in [-0.39, 0.29) is 36.4 Å². The van der Waals surface area contributed by atoms with Gasteiger partial charge in [0.05, 0.1) is 56.7 Å². The van der Waals surface area contributed by atoms with Gasteiger partial charge in [0.1, 0.15) is 5.75 Å². The number of anilines is 2. The first kappa shape index (κ1) is 28.9. The van der Waals surface area contributed by atoms with Crippen LogP contribution in [0, 0.1) is 5.92 Å². The number of amides is 3. The number of carbonyl (C=O) groups is 3. The standard InChI is InChI=1S/C29H36BrN3O6/c1-37-26-16-19(9-14-25(26)32-29(36)31-24-8-4-3-7-23(24)30)17-27(34)33-15-5-6-21(33)18-39-22-12-10-20(11-13-22)28(35)38-2/h3-4,7-9,14,16,20-22H,5-6,10-13,15,17-18H2,1-2H3,(H2,31,32,36)/t20?,21-,22?/m0/s1. The van der Waals surface area contributed by atoms with Crippen LogP contribution in [0.2, 0.25) is 0 Å². The zero-order chi connectivity index (χ0) is 27.8. The number of likely N-dealkylation sites (tertiary alicyclic amines) is 1. The predicted molar refractivity (Wildman–Crippen MR) is 152 cm³/mol. The molecule has 1 aliphatic heterocycles. The summed E-state index contributed by atoms with van der Waals surface area (Å²) in [6.07, 6.45) is 5.46. The SMILES string of the molecule is COC(=O)C1CCC(OC[C@@H]2CCCN2C(=O)Cc2ccc(NC(=O)Nc3ccccc3Br)c(OC)c2)CC1. The van der Waals surface area contributed by atoms with Gasteiger partial charge in [-0.25, -0.2) is 4.79 Å². The number of methoxy groups -OCH3 is 2. The minimum atomic E-state index is -0.400. The van der Waals surface area contributed by atoms with E-state index in [1.54, 1.807) is 18.2 Å². The monoisotopic (exact) mass is 601 g/mol. The van der Waals surface area contributed by atoms with Gasteiger partial charge in [-0.05, 0) is 84.3 Å². The Morgan fingerprint density at radius 3 is 2.44 bits per heavy atom. The third kappa shape index (κ3) is 7.73. The van der Waals surface area contributed by atoms with Gasteiger partial charge in [-0.1, -0.05) is 18.2 Å². The molecule has 1 atom stereocenters. The van der Waals surface area contributed by atoms with E-state index < -0.39 is 6.03 Å². The summed E-state index contributed by atoms with van der Waals surface area (Å²) < 4.78 is 17.3. The summed E-state index contributed by atoms with van der Waals surface area (Å²) in [5.74, 6) is 0.361. The second-order valence-electron chi connectivity index (χ2n) is 9.98. The van der Waals surface area contributed by atoms with Crippen LogP contribution in [0.3, 0.4) is 0 Å². The molecule has 1 heterocycles. The van der Waals surface area contributed by atoms with Crippen molar-refractivity contribution in [3.05, 3.63) is 52.5 Å². The Kier molecular flexibility index (Phi) is 10.2. The third-order valence-corrected chi connectivity index (χ3v) is 8.11. The molecule has 2 N–H and O–H groups in total. The van der Waals surface area contributed by atoms with E-state index in [4.69, 9.17) is 14.2 Å². The van der Waals surface area contributed by atoms with E-state index in [0.717, 1.165) is 48.6 Å². The van der Waals surface area contributed by atoms with Crippen molar-refractivity contribution in [1.29, 1.82) is 0 Å². The van der Waals surface area contributed by atoms with Gasteiger partial charge in [-0.15, -0.1) is 0 Å². The van der Waals surface area contributed by atoms with E-state index >= 15 is 0 Å². The minimum Gasteiger partial charge on any atom is -0.495 e. The smallest absolute Gasteiger partial charge is 0.323 e. The van der Waals surface area contributed by atoms with Crippen molar-refractivity contribution < 1.29 is 28.6 Å². The van der Waals surface area contributed by atoms with Crippen molar-refractivity contribution >= 4 is 45.2 Å². The molecular weight excluding hydrogens is 566 g/mol. The largest absolute Gasteiger partial charge is 0.495 e. The molecule has 4 rings (SSSR count). The van der Waals surface area contributed by atoms with Crippen LogP contribution in [-0.2, 0) is 25.5 Å². The lowest BCUT2D eigenvalue weighted by Crippen LogP contribution is -2.40. The normalized spacial score (nSPS) is 20.8. The maximum Gasteiger partial charge on any atom is 0.323 e. The van der Waals surface area contributed by atoms with E-state index in [1.165, 1.54) is 14.2 Å². The molecule has 39 heavy (non-hydrogen) atoms. The number of para-hydroxylation sites is 1. The van der Waals surface area contributed by atoms with Crippen LogP contribution in [0.1, 0.15) is 44.1 Å². The molecular formula is C29H36BrN3O6. The van der Waals surface area contributed by atoms with E-state index in [1.807, 2.05) is 29.2 Å². The second kappa shape index (κ2) is 13.8. The zero-order valence-electron chi connectivity index (χ0n) is 22.4.